The van der Waals surface area contributed by atoms with Crippen LogP contribution in [0.5, 0.6) is 5.75 Å². The molecule has 0 aliphatic heterocycles. The fourth-order valence-corrected chi connectivity index (χ4v) is 2.14. The molecule has 3 nitrogen and oxygen atoms in total. The highest BCUT2D eigenvalue weighted by atomic mass is 16.5. The summed E-state index contributed by atoms with van der Waals surface area (Å²) in [5.41, 5.74) is 0.791. The van der Waals surface area contributed by atoms with Gasteiger partial charge in [0.1, 0.15) is 5.75 Å². The molecule has 0 aliphatic carbocycles. The summed E-state index contributed by atoms with van der Waals surface area (Å²) >= 11 is 0. The Balaban J connectivity index is 1.99. The predicted octanol–water partition coefficient (Wildman–Crippen LogP) is 4.77. The summed E-state index contributed by atoms with van der Waals surface area (Å²) in [6, 6.07) is 7.46. The molecule has 0 unspecified atom stereocenters. The molecule has 1 rings (SSSR count). The minimum Gasteiger partial charge on any atom is -0.494 e. The Labute approximate surface area is 122 Å². The normalized spacial score (nSPS) is 10.2. The molecule has 0 saturated heterocycles. The van der Waals surface area contributed by atoms with Gasteiger partial charge in [-0.15, -0.1) is 0 Å². The van der Waals surface area contributed by atoms with E-state index in [1.165, 1.54) is 44.9 Å². The van der Waals surface area contributed by atoms with Crippen LogP contribution in [0, 0.1) is 0 Å². The second kappa shape index (κ2) is 11.3. The molecule has 0 aliphatic rings. The largest absolute Gasteiger partial charge is 0.494 e. The van der Waals surface area contributed by atoms with Crippen molar-refractivity contribution in [3.63, 3.8) is 0 Å². The molecule has 0 fully saturated rings. The van der Waals surface area contributed by atoms with E-state index in [9.17, 15) is 4.79 Å². The fourth-order valence-electron chi connectivity index (χ4n) is 2.14. The molecule has 3 heteroatoms. The Kier molecular flexibility index (Phi) is 9.37. The van der Waals surface area contributed by atoms with E-state index < -0.39 is 0 Å². The standard InChI is InChI=1S/C17H27NO2/c1-2-3-4-5-6-7-8-9-14-20-17-12-10-16(11-13-17)18-15-19/h10-13,15H,2-9,14H2,1H3,(H,18,19). The van der Waals surface area contributed by atoms with Gasteiger partial charge in [-0.25, -0.2) is 0 Å². The summed E-state index contributed by atoms with van der Waals surface area (Å²) in [4.78, 5) is 10.3. The number of anilines is 1. The molecule has 0 bridgehead atoms. The molecule has 112 valence electrons. The van der Waals surface area contributed by atoms with E-state index in [4.69, 9.17) is 4.74 Å². The Bertz CT molecular complexity index is 349. The lowest BCUT2D eigenvalue weighted by Crippen LogP contribution is -1.98. The zero-order chi connectivity index (χ0) is 14.5. The van der Waals surface area contributed by atoms with Crippen LogP contribution in [0.4, 0.5) is 5.69 Å². The molecular weight excluding hydrogens is 250 g/mol. The van der Waals surface area contributed by atoms with Gasteiger partial charge in [0.15, 0.2) is 0 Å². The lowest BCUT2D eigenvalue weighted by atomic mass is 10.1. The van der Waals surface area contributed by atoms with Crippen LogP contribution in [0.15, 0.2) is 24.3 Å². The lowest BCUT2D eigenvalue weighted by Gasteiger charge is -2.07. The number of benzene rings is 1. The summed E-state index contributed by atoms with van der Waals surface area (Å²) in [6.07, 6.45) is 11.2. The number of unbranched alkanes of at least 4 members (excludes halogenated alkanes) is 7. The van der Waals surface area contributed by atoms with Crippen molar-refractivity contribution in [1.29, 1.82) is 0 Å². The monoisotopic (exact) mass is 277 g/mol. The van der Waals surface area contributed by atoms with Crippen LogP contribution in [0.2, 0.25) is 0 Å². The van der Waals surface area contributed by atoms with Gasteiger partial charge in [-0.2, -0.15) is 0 Å². The van der Waals surface area contributed by atoms with Crippen molar-refractivity contribution in [3.8, 4) is 5.75 Å². The molecular formula is C17H27NO2. The molecule has 20 heavy (non-hydrogen) atoms. The lowest BCUT2D eigenvalue weighted by molar-refractivity contribution is -0.105. The average molecular weight is 277 g/mol. The van der Waals surface area contributed by atoms with Crippen LogP contribution < -0.4 is 10.1 Å². The average Bonchev–Trinajstić information content (AvgIpc) is 2.47. The van der Waals surface area contributed by atoms with Crippen molar-refractivity contribution in [2.45, 2.75) is 58.3 Å². The second-order valence-corrected chi connectivity index (χ2v) is 5.11. The van der Waals surface area contributed by atoms with Crippen LogP contribution in [-0.2, 0) is 4.79 Å². The van der Waals surface area contributed by atoms with Gasteiger partial charge in [0, 0.05) is 5.69 Å². The van der Waals surface area contributed by atoms with Crippen LogP contribution in [0.25, 0.3) is 0 Å². The predicted molar refractivity (Wildman–Crippen MR) is 84.2 cm³/mol. The van der Waals surface area contributed by atoms with Crippen molar-refractivity contribution < 1.29 is 9.53 Å². The van der Waals surface area contributed by atoms with Gasteiger partial charge in [-0.05, 0) is 30.7 Å². The van der Waals surface area contributed by atoms with Crippen LogP contribution >= 0.6 is 0 Å². The van der Waals surface area contributed by atoms with Crippen molar-refractivity contribution in [2.75, 3.05) is 11.9 Å². The van der Waals surface area contributed by atoms with Gasteiger partial charge < -0.3 is 10.1 Å². The number of rotatable bonds is 12. The first-order chi connectivity index (χ1) is 9.86. The molecule has 0 heterocycles. The first-order valence-electron chi connectivity index (χ1n) is 7.80. The van der Waals surface area contributed by atoms with E-state index in [-0.39, 0.29) is 0 Å². The summed E-state index contributed by atoms with van der Waals surface area (Å²) in [6.45, 7) is 3.02. The molecule has 0 aromatic heterocycles. The van der Waals surface area contributed by atoms with Gasteiger partial charge in [0.05, 0.1) is 6.61 Å². The number of carbonyl (C=O) groups excluding carboxylic acids is 1. The Morgan fingerprint density at radius 2 is 1.55 bits per heavy atom. The van der Waals surface area contributed by atoms with Gasteiger partial charge in [-0.3, -0.25) is 4.79 Å². The van der Waals surface area contributed by atoms with Crippen LogP contribution in [-0.4, -0.2) is 13.0 Å². The van der Waals surface area contributed by atoms with Crippen molar-refractivity contribution in [2.24, 2.45) is 0 Å². The zero-order valence-electron chi connectivity index (χ0n) is 12.6. The van der Waals surface area contributed by atoms with E-state index in [2.05, 4.69) is 12.2 Å². The van der Waals surface area contributed by atoms with Crippen LogP contribution in [0.1, 0.15) is 58.3 Å². The number of hydrogen-bond acceptors (Lipinski definition) is 2. The third-order valence-corrected chi connectivity index (χ3v) is 3.35. The fraction of sp³-hybridized carbons (Fsp3) is 0.588. The van der Waals surface area contributed by atoms with Gasteiger partial charge in [0.2, 0.25) is 6.41 Å². The highest BCUT2D eigenvalue weighted by Crippen LogP contribution is 2.16. The zero-order valence-corrected chi connectivity index (χ0v) is 12.6. The molecule has 0 spiro atoms. The SMILES string of the molecule is CCCCCCCCCCOc1ccc(NC=O)cc1. The Hall–Kier alpha value is -1.51. The third kappa shape index (κ3) is 7.82. The smallest absolute Gasteiger partial charge is 0.211 e. The molecule has 1 N–H and O–H groups in total. The minimum absolute atomic E-state index is 0.677. The van der Waals surface area contributed by atoms with E-state index in [0.717, 1.165) is 24.5 Å². The molecule has 0 radical (unpaired) electrons. The maximum Gasteiger partial charge on any atom is 0.211 e. The summed E-state index contributed by atoms with van der Waals surface area (Å²) in [7, 11) is 0. The van der Waals surface area contributed by atoms with Gasteiger partial charge in [-0.1, -0.05) is 51.9 Å². The topological polar surface area (TPSA) is 38.3 Å². The number of ether oxygens (including phenoxy) is 1. The van der Waals surface area contributed by atoms with E-state index in [1.807, 2.05) is 24.3 Å². The number of nitrogens with one attached hydrogen (secondary N) is 1. The highest BCUT2D eigenvalue weighted by molar-refractivity contribution is 5.71. The van der Waals surface area contributed by atoms with Crippen molar-refractivity contribution in [3.05, 3.63) is 24.3 Å². The first-order valence-corrected chi connectivity index (χ1v) is 7.80. The van der Waals surface area contributed by atoms with Crippen molar-refractivity contribution >= 4 is 12.1 Å². The molecule has 1 aromatic carbocycles. The summed E-state index contributed by atoms with van der Waals surface area (Å²) in [5.74, 6) is 0.865. The van der Waals surface area contributed by atoms with Crippen LogP contribution in [0.3, 0.4) is 0 Å². The highest BCUT2D eigenvalue weighted by Gasteiger charge is 1.96. The molecule has 0 saturated carbocycles. The second-order valence-electron chi connectivity index (χ2n) is 5.11. The number of amides is 1. The van der Waals surface area contributed by atoms with Gasteiger partial charge >= 0.3 is 0 Å². The molecule has 1 aromatic rings. The quantitative estimate of drug-likeness (QED) is 0.441. The Morgan fingerprint density at radius 1 is 0.950 bits per heavy atom. The van der Waals surface area contributed by atoms with E-state index in [0.29, 0.717) is 6.41 Å². The number of carbonyl (C=O) groups is 1. The molecule has 1 amide bonds. The summed E-state index contributed by atoms with van der Waals surface area (Å²) in [5, 5.41) is 2.60. The third-order valence-electron chi connectivity index (χ3n) is 3.35. The van der Waals surface area contributed by atoms with Gasteiger partial charge in [0.25, 0.3) is 0 Å². The van der Waals surface area contributed by atoms with Crippen molar-refractivity contribution in [1.82, 2.24) is 0 Å². The minimum atomic E-state index is 0.677. The Morgan fingerprint density at radius 3 is 2.15 bits per heavy atom. The first kappa shape index (κ1) is 16.5. The van der Waals surface area contributed by atoms with E-state index in [1.54, 1.807) is 0 Å². The maximum absolute atomic E-state index is 10.3. The molecule has 0 atom stereocenters. The number of hydrogen-bond donors (Lipinski definition) is 1. The van der Waals surface area contributed by atoms with E-state index >= 15 is 0 Å². The summed E-state index contributed by atoms with van der Waals surface area (Å²) < 4.78 is 5.67. The maximum atomic E-state index is 10.3.